The summed E-state index contributed by atoms with van der Waals surface area (Å²) in [5.74, 6) is -0.548. The molecule has 0 bridgehead atoms. The lowest BCUT2D eigenvalue weighted by Gasteiger charge is -2.36. The molecule has 0 unspecified atom stereocenters. The lowest BCUT2D eigenvalue weighted by Crippen LogP contribution is -2.44. The highest BCUT2D eigenvalue weighted by Crippen LogP contribution is 2.40. The molecule has 0 radical (unpaired) electrons. The van der Waals surface area contributed by atoms with E-state index in [1.165, 1.54) is 0 Å². The van der Waals surface area contributed by atoms with Crippen LogP contribution in [-0.4, -0.2) is 49.7 Å². The number of esters is 1. The zero-order chi connectivity index (χ0) is 19.3. The van der Waals surface area contributed by atoms with Gasteiger partial charge in [0.05, 0.1) is 5.41 Å². The number of carbonyl (C=O) groups is 2. The Morgan fingerprint density at radius 2 is 1.74 bits per heavy atom. The van der Waals surface area contributed by atoms with Crippen molar-refractivity contribution in [1.82, 2.24) is 4.90 Å². The second-order valence-corrected chi connectivity index (χ2v) is 8.03. The summed E-state index contributed by atoms with van der Waals surface area (Å²) in [6.45, 7) is 2.12. The third-order valence-electron chi connectivity index (χ3n) is 5.47. The first-order chi connectivity index (χ1) is 13.0. The van der Waals surface area contributed by atoms with Gasteiger partial charge in [0.15, 0.2) is 6.61 Å². The fourth-order valence-corrected chi connectivity index (χ4v) is 4.45. The van der Waals surface area contributed by atoms with Gasteiger partial charge in [0.2, 0.25) is 0 Å². The molecule has 7 heteroatoms. The molecular formula is C20H25Cl2NO4. The number of hydrogen-bond acceptors (Lipinski definition) is 4. The molecule has 2 saturated heterocycles. The second kappa shape index (κ2) is 9.26. The highest BCUT2D eigenvalue weighted by molar-refractivity contribution is 6.35. The predicted octanol–water partition coefficient (Wildman–Crippen LogP) is 3.99. The first-order valence-corrected chi connectivity index (χ1v) is 10.3. The van der Waals surface area contributed by atoms with E-state index in [0.29, 0.717) is 41.7 Å². The molecule has 27 heavy (non-hydrogen) atoms. The van der Waals surface area contributed by atoms with Gasteiger partial charge in [-0.05, 0) is 43.4 Å². The van der Waals surface area contributed by atoms with Crippen molar-refractivity contribution in [3.05, 3.63) is 33.8 Å². The van der Waals surface area contributed by atoms with Crippen molar-refractivity contribution in [1.29, 1.82) is 0 Å². The van der Waals surface area contributed by atoms with E-state index >= 15 is 0 Å². The van der Waals surface area contributed by atoms with Crippen molar-refractivity contribution in [2.45, 2.75) is 43.9 Å². The standard InChI is InChI=1S/C20H25Cl2NO4/c21-15-5-6-16(17(22)13-15)20(7-11-26-12-8-20)19(25)27-14-18(24)23-9-3-1-2-4-10-23/h5-6,13H,1-4,7-12,14H2. The van der Waals surface area contributed by atoms with Crippen LogP contribution in [0, 0.1) is 0 Å². The highest BCUT2D eigenvalue weighted by Gasteiger charge is 2.44. The Balaban J connectivity index is 1.73. The average molecular weight is 414 g/mol. The Bertz CT molecular complexity index is 681. The number of hydrogen-bond donors (Lipinski definition) is 0. The molecule has 148 valence electrons. The number of benzene rings is 1. The Labute approximate surface area is 169 Å². The van der Waals surface area contributed by atoms with Crippen LogP contribution in [0.25, 0.3) is 0 Å². The van der Waals surface area contributed by atoms with Gasteiger partial charge in [0, 0.05) is 36.3 Å². The molecular weight excluding hydrogens is 389 g/mol. The third kappa shape index (κ3) is 4.76. The zero-order valence-electron chi connectivity index (χ0n) is 15.3. The highest BCUT2D eigenvalue weighted by atomic mass is 35.5. The third-order valence-corrected chi connectivity index (χ3v) is 6.02. The van der Waals surface area contributed by atoms with Gasteiger partial charge in [-0.1, -0.05) is 42.1 Å². The smallest absolute Gasteiger partial charge is 0.317 e. The van der Waals surface area contributed by atoms with Gasteiger partial charge >= 0.3 is 5.97 Å². The summed E-state index contributed by atoms with van der Waals surface area (Å²) in [4.78, 5) is 27.3. The molecule has 1 amide bonds. The maximum atomic E-state index is 13.1. The van der Waals surface area contributed by atoms with Gasteiger partial charge in [-0.15, -0.1) is 0 Å². The predicted molar refractivity (Wildman–Crippen MR) is 104 cm³/mol. The summed E-state index contributed by atoms with van der Waals surface area (Å²) < 4.78 is 10.9. The molecule has 2 fully saturated rings. The van der Waals surface area contributed by atoms with Crippen LogP contribution < -0.4 is 0 Å². The molecule has 0 aromatic heterocycles. The van der Waals surface area contributed by atoms with Gasteiger partial charge in [-0.3, -0.25) is 9.59 Å². The van der Waals surface area contributed by atoms with Crippen LogP contribution in [0.15, 0.2) is 18.2 Å². The van der Waals surface area contributed by atoms with E-state index in [9.17, 15) is 9.59 Å². The van der Waals surface area contributed by atoms with Crippen molar-refractivity contribution in [3.8, 4) is 0 Å². The average Bonchev–Trinajstić information content (AvgIpc) is 2.96. The van der Waals surface area contributed by atoms with Gasteiger partial charge in [-0.2, -0.15) is 0 Å². The van der Waals surface area contributed by atoms with Crippen molar-refractivity contribution >= 4 is 35.1 Å². The number of likely N-dealkylation sites (tertiary alicyclic amines) is 1. The van der Waals surface area contributed by atoms with Crippen LogP contribution in [0.5, 0.6) is 0 Å². The topological polar surface area (TPSA) is 55.8 Å². The Morgan fingerprint density at radius 1 is 1.07 bits per heavy atom. The minimum absolute atomic E-state index is 0.130. The molecule has 1 aromatic rings. The largest absolute Gasteiger partial charge is 0.455 e. The van der Waals surface area contributed by atoms with E-state index in [1.807, 2.05) is 0 Å². The van der Waals surface area contributed by atoms with Gasteiger partial charge in [0.25, 0.3) is 5.91 Å². The molecule has 0 atom stereocenters. The van der Waals surface area contributed by atoms with Crippen LogP contribution in [-0.2, 0) is 24.5 Å². The van der Waals surface area contributed by atoms with Crippen LogP contribution in [0.3, 0.4) is 0 Å². The number of nitrogens with zero attached hydrogens (tertiary/aromatic N) is 1. The van der Waals surface area contributed by atoms with Crippen molar-refractivity contribution in [2.24, 2.45) is 0 Å². The van der Waals surface area contributed by atoms with Gasteiger partial charge in [-0.25, -0.2) is 0 Å². The van der Waals surface area contributed by atoms with Crippen LogP contribution in [0.1, 0.15) is 44.1 Å². The minimum atomic E-state index is -0.904. The Morgan fingerprint density at radius 3 is 2.37 bits per heavy atom. The van der Waals surface area contributed by atoms with E-state index < -0.39 is 11.4 Å². The van der Waals surface area contributed by atoms with Crippen molar-refractivity contribution < 1.29 is 19.1 Å². The lowest BCUT2D eigenvalue weighted by atomic mass is 9.74. The summed E-state index contributed by atoms with van der Waals surface area (Å²) in [5, 5.41) is 0.941. The van der Waals surface area contributed by atoms with E-state index in [1.54, 1.807) is 23.1 Å². The molecule has 0 N–H and O–H groups in total. The second-order valence-electron chi connectivity index (χ2n) is 7.19. The summed E-state index contributed by atoms with van der Waals surface area (Å²) >= 11 is 12.4. The monoisotopic (exact) mass is 413 g/mol. The van der Waals surface area contributed by atoms with Crippen molar-refractivity contribution in [3.63, 3.8) is 0 Å². The maximum absolute atomic E-state index is 13.1. The molecule has 1 aromatic carbocycles. The molecule has 5 nitrogen and oxygen atoms in total. The molecule has 2 aliphatic heterocycles. The van der Waals surface area contributed by atoms with Gasteiger partial charge in [0.1, 0.15) is 0 Å². The van der Waals surface area contributed by atoms with Crippen molar-refractivity contribution in [2.75, 3.05) is 32.9 Å². The number of carbonyl (C=O) groups excluding carboxylic acids is 2. The molecule has 0 aliphatic carbocycles. The SMILES string of the molecule is O=C(COC(=O)C1(c2ccc(Cl)cc2Cl)CCOCC1)N1CCCCCC1. The quantitative estimate of drug-likeness (QED) is 0.700. The molecule has 2 heterocycles. The van der Waals surface area contributed by atoms with E-state index in [-0.39, 0.29) is 12.5 Å². The summed E-state index contributed by atoms with van der Waals surface area (Å²) in [5.41, 5.74) is -0.219. The summed E-state index contributed by atoms with van der Waals surface area (Å²) in [6, 6.07) is 5.12. The Hall–Kier alpha value is -1.30. The van der Waals surface area contributed by atoms with Gasteiger partial charge < -0.3 is 14.4 Å². The molecule has 0 saturated carbocycles. The number of amides is 1. The first kappa shape index (κ1) is 20.4. The minimum Gasteiger partial charge on any atom is -0.455 e. The van der Waals surface area contributed by atoms with E-state index in [4.69, 9.17) is 32.7 Å². The summed E-state index contributed by atoms with van der Waals surface area (Å²) in [6.07, 6.45) is 5.21. The lowest BCUT2D eigenvalue weighted by molar-refractivity contribution is -0.160. The Kier molecular flexibility index (Phi) is 7.01. The van der Waals surface area contributed by atoms with E-state index in [2.05, 4.69) is 0 Å². The molecule has 2 aliphatic rings. The van der Waals surface area contributed by atoms with E-state index in [0.717, 1.165) is 38.8 Å². The fourth-order valence-electron chi connectivity index (χ4n) is 3.86. The number of rotatable bonds is 4. The van der Waals surface area contributed by atoms with Crippen LogP contribution in [0.2, 0.25) is 10.0 Å². The van der Waals surface area contributed by atoms with Crippen LogP contribution >= 0.6 is 23.2 Å². The maximum Gasteiger partial charge on any atom is 0.317 e. The number of halogens is 2. The van der Waals surface area contributed by atoms with Crippen LogP contribution in [0.4, 0.5) is 0 Å². The molecule has 3 rings (SSSR count). The normalized spacial score (nSPS) is 20.0. The first-order valence-electron chi connectivity index (χ1n) is 9.51. The fraction of sp³-hybridized carbons (Fsp3) is 0.600. The number of ether oxygens (including phenoxy) is 2. The summed E-state index contributed by atoms with van der Waals surface area (Å²) in [7, 11) is 0. The molecule has 0 spiro atoms. The zero-order valence-corrected chi connectivity index (χ0v) is 16.9.